The summed E-state index contributed by atoms with van der Waals surface area (Å²) in [5.41, 5.74) is 4.04. The topological polar surface area (TPSA) is 40.4 Å². The van der Waals surface area contributed by atoms with Gasteiger partial charge in [0.2, 0.25) is 0 Å². The SMILES string of the molecule is OC1C[C@H]2NCCN3CCc4c(n1c1ccccc41)[C@@H]23. The van der Waals surface area contributed by atoms with Crippen LogP contribution in [0.15, 0.2) is 24.3 Å². The average molecular weight is 269 g/mol. The molecule has 4 heterocycles. The number of nitrogens with one attached hydrogen (secondary N) is 1. The number of para-hydroxylation sites is 1. The van der Waals surface area contributed by atoms with Crippen LogP contribution in [0.25, 0.3) is 10.9 Å². The van der Waals surface area contributed by atoms with Crippen molar-refractivity contribution in [2.24, 2.45) is 0 Å². The Labute approximate surface area is 118 Å². The molecule has 4 nitrogen and oxygen atoms in total. The van der Waals surface area contributed by atoms with Crippen molar-refractivity contribution in [3.8, 4) is 0 Å². The van der Waals surface area contributed by atoms with Gasteiger partial charge in [0.05, 0.1) is 11.6 Å². The van der Waals surface area contributed by atoms with Crippen LogP contribution in [0, 0.1) is 0 Å². The monoisotopic (exact) mass is 269 g/mol. The number of piperazine rings is 1. The van der Waals surface area contributed by atoms with Gasteiger partial charge in [-0.1, -0.05) is 18.2 Å². The number of aliphatic hydroxyl groups excluding tert-OH is 1. The van der Waals surface area contributed by atoms with Crippen LogP contribution in [0.3, 0.4) is 0 Å². The number of hydrogen-bond acceptors (Lipinski definition) is 3. The molecular weight excluding hydrogens is 250 g/mol. The van der Waals surface area contributed by atoms with E-state index in [1.54, 1.807) is 0 Å². The molecule has 1 aromatic heterocycles. The van der Waals surface area contributed by atoms with Crippen molar-refractivity contribution in [1.29, 1.82) is 0 Å². The molecular formula is C16H19N3O. The molecule has 1 aromatic carbocycles. The first-order valence-corrected chi connectivity index (χ1v) is 7.62. The maximum atomic E-state index is 10.6. The van der Waals surface area contributed by atoms with E-state index in [-0.39, 0.29) is 0 Å². The summed E-state index contributed by atoms with van der Waals surface area (Å²) in [5.74, 6) is 0. The highest BCUT2D eigenvalue weighted by Gasteiger charge is 2.44. The van der Waals surface area contributed by atoms with Gasteiger partial charge in [0, 0.05) is 43.2 Å². The molecule has 0 saturated carbocycles. The zero-order chi connectivity index (χ0) is 13.3. The molecule has 0 aliphatic carbocycles. The second kappa shape index (κ2) is 3.85. The maximum absolute atomic E-state index is 10.6. The molecule has 3 aliphatic rings. The number of aromatic nitrogens is 1. The normalized spacial score (nSPS) is 32.4. The summed E-state index contributed by atoms with van der Waals surface area (Å²) in [4.78, 5) is 2.60. The van der Waals surface area contributed by atoms with Gasteiger partial charge >= 0.3 is 0 Å². The molecule has 20 heavy (non-hydrogen) atoms. The number of hydrogen-bond donors (Lipinski definition) is 2. The third-order valence-corrected chi connectivity index (χ3v) is 5.33. The second-order valence-corrected chi connectivity index (χ2v) is 6.26. The number of aliphatic hydroxyl groups is 1. The Morgan fingerprint density at radius 3 is 3.05 bits per heavy atom. The van der Waals surface area contributed by atoms with Crippen LogP contribution in [0.4, 0.5) is 0 Å². The predicted octanol–water partition coefficient (Wildman–Crippen LogP) is 1.41. The van der Waals surface area contributed by atoms with Gasteiger partial charge in [0.25, 0.3) is 0 Å². The van der Waals surface area contributed by atoms with Crippen LogP contribution in [0.2, 0.25) is 0 Å². The first kappa shape index (κ1) is 11.3. The summed E-state index contributed by atoms with van der Waals surface area (Å²) in [6, 6.07) is 9.40. The van der Waals surface area contributed by atoms with Gasteiger partial charge in [-0.05, 0) is 18.1 Å². The minimum atomic E-state index is -0.393. The molecule has 2 aromatic rings. The molecule has 2 N–H and O–H groups in total. The van der Waals surface area contributed by atoms with Crippen LogP contribution in [-0.4, -0.2) is 40.2 Å². The Hall–Kier alpha value is -1.36. The molecule has 5 rings (SSSR count). The highest BCUT2D eigenvalue weighted by Crippen LogP contribution is 2.45. The Kier molecular flexibility index (Phi) is 2.18. The smallest absolute Gasteiger partial charge is 0.132 e. The van der Waals surface area contributed by atoms with Crippen molar-refractivity contribution in [3.05, 3.63) is 35.5 Å². The largest absolute Gasteiger partial charge is 0.373 e. The van der Waals surface area contributed by atoms with Crippen molar-refractivity contribution in [1.82, 2.24) is 14.8 Å². The van der Waals surface area contributed by atoms with Crippen LogP contribution < -0.4 is 5.32 Å². The molecule has 1 fully saturated rings. The summed E-state index contributed by atoms with van der Waals surface area (Å²) in [6.45, 7) is 3.32. The van der Waals surface area contributed by atoms with Crippen molar-refractivity contribution < 1.29 is 5.11 Å². The van der Waals surface area contributed by atoms with Gasteiger partial charge in [0.1, 0.15) is 6.23 Å². The zero-order valence-corrected chi connectivity index (χ0v) is 11.4. The first-order chi connectivity index (χ1) is 9.84. The lowest BCUT2D eigenvalue weighted by molar-refractivity contribution is 0.00627. The lowest BCUT2D eigenvalue weighted by atomic mass is 9.87. The van der Waals surface area contributed by atoms with E-state index in [2.05, 4.69) is 39.0 Å². The van der Waals surface area contributed by atoms with Gasteiger partial charge < -0.3 is 15.0 Å². The van der Waals surface area contributed by atoms with Gasteiger partial charge in [-0.15, -0.1) is 0 Å². The van der Waals surface area contributed by atoms with E-state index in [1.165, 1.54) is 22.2 Å². The van der Waals surface area contributed by atoms with Crippen LogP contribution in [0.1, 0.15) is 29.9 Å². The molecule has 1 saturated heterocycles. The van der Waals surface area contributed by atoms with Gasteiger partial charge in [-0.2, -0.15) is 0 Å². The number of rotatable bonds is 0. The molecule has 1 unspecified atom stereocenters. The quantitative estimate of drug-likeness (QED) is 0.759. The Morgan fingerprint density at radius 2 is 2.10 bits per heavy atom. The Morgan fingerprint density at radius 1 is 1.20 bits per heavy atom. The molecule has 4 heteroatoms. The van der Waals surface area contributed by atoms with Crippen LogP contribution in [-0.2, 0) is 6.42 Å². The third kappa shape index (κ3) is 1.27. The fourth-order valence-electron chi connectivity index (χ4n) is 4.57. The average Bonchev–Trinajstić information content (AvgIpc) is 2.82. The van der Waals surface area contributed by atoms with E-state index in [1.807, 2.05) is 0 Å². The van der Waals surface area contributed by atoms with Crippen molar-refractivity contribution in [3.63, 3.8) is 0 Å². The lowest BCUT2D eigenvalue weighted by Crippen LogP contribution is -2.57. The minimum Gasteiger partial charge on any atom is -0.373 e. The molecule has 0 radical (unpaired) electrons. The summed E-state index contributed by atoms with van der Waals surface area (Å²) in [6.07, 6.45) is 1.53. The highest BCUT2D eigenvalue weighted by molar-refractivity contribution is 5.86. The van der Waals surface area contributed by atoms with Gasteiger partial charge in [-0.25, -0.2) is 0 Å². The number of nitrogens with zero attached hydrogens (tertiary/aromatic N) is 2. The van der Waals surface area contributed by atoms with E-state index in [4.69, 9.17) is 0 Å². The number of benzene rings is 1. The minimum absolute atomic E-state index is 0.393. The number of fused-ring (bicyclic) bond motifs is 3. The van der Waals surface area contributed by atoms with Crippen molar-refractivity contribution in [2.45, 2.75) is 31.2 Å². The van der Waals surface area contributed by atoms with Crippen LogP contribution in [0.5, 0.6) is 0 Å². The molecule has 3 aliphatic heterocycles. The summed E-state index contributed by atoms with van der Waals surface area (Å²) in [7, 11) is 0. The molecule has 0 spiro atoms. The molecule has 3 atom stereocenters. The first-order valence-electron chi connectivity index (χ1n) is 7.62. The zero-order valence-electron chi connectivity index (χ0n) is 11.4. The Balaban J connectivity index is 1.85. The fraction of sp³-hybridized carbons (Fsp3) is 0.500. The van der Waals surface area contributed by atoms with Crippen molar-refractivity contribution >= 4 is 10.9 Å². The van der Waals surface area contributed by atoms with E-state index in [0.29, 0.717) is 12.1 Å². The van der Waals surface area contributed by atoms with E-state index >= 15 is 0 Å². The third-order valence-electron chi connectivity index (χ3n) is 5.33. The standard InChI is InChI=1S/C16H19N3O/c20-14-9-12-16-15-11(5-7-18(16)8-6-17-12)10-3-1-2-4-13(10)19(14)15/h1-4,12,14,16-17,20H,5-9H2/t12-,14?,16-/m1/s1. The maximum Gasteiger partial charge on any atom is 0.132 e. The summed E-state index contributed by atoms with van der Waals surface area (Å²) >= 11 is 0. The van der Waals surface area contributed by atoms with E-state index < -0.39 is 6.23 Å². The Bertz CT molecular complexity index is 692. The summed E-state index contributed by atoms with van der Waals surface area (Å²) in [5, 5.41) is 15.6. The molecule has 104 valence electrons. The molecule has 0 amide bonds. The molecule has 0 bridgehead atoms. The van der Waals surface area contributed by atoms with Gasteiger partial charge in [-0.3, -0.25) is 4.90 Å². The van der Waals surface area contributed by atoms with E-state index in [9.17, 15) is 5.11 Å². The fourth-order valence-corrected chi connectivity index (χ4v) is 4.57. The lowest BCUT2D eigenvalue weighted by Gasteiger charge is -2.49. The van der Waals surface area contributed by atoms with Crippen molar-refractivity contribution in [2.75, 3.05) is 19.6 Å². The van der Waals surface area contributed by atoms with Gasteiger partial charge in [0.15, 0.2) is 0 Å². The van der Waals surface area contributed by atoms with E-state index in [0.717, 1.165) is 32.5 Å². The second-order valence-electron chi connectivity index (χ2n) is 6.26. The summed E-state index contributed by atoms with van der Waals surface area (Å²) < 4.78 is 2.20. The highest BCUT2D eigenvalue weighted by atomic mass is 16.3. The predicted molar refractivity (Wildman–Crippen MR) is 77.6 cm³/mol. The van der Waals surface area contributed by atoms with Crippen LogP contribution >= 0.6 is 0 Å².